The van der Waals surface area contributed by atoms with Crippen LogP contribution in [0.15, 0.2) is 46.8 Å². The molecule has 2 amide bonds. The normalized spacial score (nSPS) is 15.2. The number of halogens is 5. The summed E-state index contributed by atoms with van der Waals surface area (Å²) in [5.41, 5.74) is 1.79. The zero-order valence-corrected chi connectivity index (χ0v) is 20.8. The molecule has 2 heterocycles. The van der Waals surface area contributed by atoms with Gasteiger partial charge >= 0.3 is 12.2 Å². The van der Waals surface area contributed by atoms with Gasteiger partial charge in [0.15, 0.2) is 0 Å². The van der Waals surface area contributed by atoms with Gasteiger partial charge in [-0.15, -0.1) is 11.3 Å². The number of rotatable bonds is 5. The van der Waals surface area contributed by atoms with E-state index < -0.39 is 27.8 Å². The summed E-state index contributed by atoms with van der Waals surface area (Å²) in [4.78, 5) is 12.2. The molecule has 0 fully saturated rings. The number of carbonyl (C=O) groups excluding carboxylic acids is 1. The van der Waals surface area contributed by atoms with Gasteiger partial charge in [-0.05, 0) is 54.7 Å². The van der Waals surface area contributed by atoms with Gasteiger partial charge in [-0.1, -0.05) is 35.3 Å². The molecule has 0 saturated heterocycles. The summed E-state index contributed by atoms with van der Waals surface area (Å²) < 4.78 is 67.4. The molecule has 0 atom stereocenters. The van der Waals surface area contributed by atoms with Crippen LogP contribution >= 0.6 is 34.5 Å². The highest BCUT2D eigenvalue weighted by atomic mass is 35.5. The Hall–Kier alpha value is -2.54. The van der Waals surface area contributed by atoms with Crippen LogP contribution in [0.3, 0.4) is 0 Å². The van der Waals surface area contributed by atoms with Crippen LogP contribution < -0.4 is 10.0 Å². The van der Waals surface area contributed by atoms with Gasteiger partial charge in [0.1, 0.15) is 8.55 Å². The van der Waals surface area contributed by atoms with Gasteiger partial charge in [0.2, 0.25) is 0 Å². The van der Waals surface area contributed by atoms with Crippen LogP contribution in [0.4, 0.5) is 18.0 Å². The van der Waals surface area contributed by atoms with Gasteiger partial charge in [0.25, 0.3) is 10.0 Å². The molecule has 14 heteroatoms. The maximum atomic E-state index is 13.2. The van der Waals surface area contributed by atoms with Crippen molar-refractivity contribution in [2.75, 3.05) is 6.54 Å². The van der Waals surface area contributed by atoms with E-state index in [4.69, 9.17) is 23.2 Å². The third-order valence-corrected chi connectivity index (χ3v) is 8.86. The molecule has 1 aliphatic carbocycles. The first-order valence-corrected chi connectivity index (χ1v) is 13.2. The SMILES string of the molecule is O=C(NCC=C1CCCc2cnn(-c3cccc(C(F)(F)F)c3)c21)NS(=O)(=O)c1cc(Cl)c(Cl)s1. The van der Waals surface area contributed by atoms with E-state index in [0.717, 1.165) is 35.8 Å². The summed E-state index contributed by atoms with van der Waals surface area (Å²) >= 11 is 12.3. The van der Waals surface area contributed by atoms with E-state index in [1.54, 1.807) is 12.3 Å². The first-order valence-electron chi connectivity index (χ1n) is 10.1. The van der Waals surface area contributed by atoms with Crippen molar-refractivity contribution in [2.45, 2.75) is 29.6 Å². The van der Waals surface area contributed by atoms with E-state index in [0.29, 0.717) is 29.9 Å². The van der Waals surface area contributed by atoms with E-state index in [2.05, 4.69) is 10.4 Å². The molecule has 35 heavy (non-hydrogen) atoms. The minimum absolute atomic E-state index is 0.0180. The Morgan fingerprint density at radius 3 is 2.69 bits per heavy atom. The van der Waals surface area contributed by atoms with Crippen LogP contribution in [-0.2, 0) is 22.6 Å². The van der Waals surface area contributed by atoms with Crippen LogP contribution in [0.25, 0.3) is 11.3 Å². The van der Waals surface area contributed by atoms with Crippen molar-refractivity contribution in [1.29, 1.82) is 0 Å². The summed E-state index contributed by atoms with van der Waals surface area (Å²) in [5, 5.41) is 6.79. The molecule has 186 valence electrons. The van der Waals surface area contributed by atoms with Crippen molar-refractivity contribution in [3.8, 4) is 5.69 Å². The molecule has 7 nitrogen and oxygen atoms in total. The summed E-state index contributed by atoms with van der Waals surface area (Å²) in [5.74, 6) is 0. The average molecular weight is 565 g/mol. The zero-order valence-electron chi connectivity index (χ0n) is 17.7. The molecule has 0 aliphatic heterocycles. The molecule has 1 aliphatic rings. The standard InChI is InChI=1S/C21H17Cl2F3N4O3S2/c22-16-10-17(34-19(16)23)35(32,33)29-20(31)27-8-7-12-3-1-4-13-11-28-30(18(12)13)15-6-2-5-14(9-15)21(24,25)26/h2,5-7,9-11H,1,3-4,8H2,(H2,27,29,31). The first-order chi connectivity index (χ1) is 16.5. The average Bonchev–Trinajstić information content (AvgIpc) is 3.37. The van der Waals surface area contributed by atoms with Crippen LogP contribution in [0, 0.1) is 0 Å². The highest BCUT2D eigenvalue weighted by Crippen LogP contribution is 2.35. The summed E-state index contributed by atoms with van der Waals surface area (Å²) in [6, 6.07) is 5.06. The number of alkyl halides is 3. The highest BCUT2D eigenvalue weighted by molar-refractivity contribution is 7.92. The molecule has 2 aromatic heterocycles. The first kappa shape index (κ1) is 25.5. The number of carbonyl (C=O) groups is 1. The Labute approximate surface area is 212 Å². The lowest BCUT2D eigenvalue weighted by Crippen LogP contribution is -2.39. The lowest BCUT2D eigenvalue weighted by Gasteiger charge is -2.19. The van der Waals surface area contributed by atoms with Crippen LogP contribution in [0.5, 0.6) is 0 Å². The van der Waals surface area contributed by atoms with Crippen molar-refractivity contribution in [2.24, 2.45) is 0 Å². The van der Waals surface area contributed by atoms with Gasteiger partial charge in [-0.25, -0.2) is 22.6 Å². The largest absolute Gasteiger partial charge is 0.416 e. The van der Waals surface area contributed by atoms with Gasteiger partial charge in [0, 0.05) is 6.54 Å². The van der Waals surface area contributed by atoms with Gasteiger partial charge in [-0.3, -0.25) is 0 Å². The molecule has 4 rings (SSSR count). The fourth-order valence-electron chi connectivity index (χ4n) is 3.64. The molecule has 3 aromatic rings. The molecular formula is C21H17Cl2F3N4O3S2. The zero-order chi connectivity index (χ0) is 25.4. The van der Waals surface area contributed by atoms with Gasteiger partial charge in [-0.2, -0.15) is 18.3 Å². The Bertz CT molecular complexity index is 1400. The predicted molar refractivity (Wildman–Crippen MR) is 128 cm³/mol. The number of thiophene rings is 1. The maximum absolute atomic E-state index is 13.2. The predicted octanol–water partition coefficient (Wildman–Crippen LogP) is 5.67. The number of allylic oxidation sites excluding steroid dienone is 1. The van der Waals surface area contributed by atoms with E-state index in [9.17, 15) is 26.4 Å². The third kappa shape index (κ3) is 5.66. The van der Waals surface area contributed by atoms with Crippen molar-refractivity contribution < 1.29 is 26.4 Å². The molecule has 0 unspecified atom stereocenters. The Balaban J connectivity index is 1.50. The quantitative estimate of drug-likeness (QED) is 0.417. The molecule has 2 N–H and O–H groups in total. The Morgan fingerprint density at radius 2 is 2.00 bits per heavy atom. The number of nitrogens with zero attached hydrogens (tertiary/aromatic N) is 2. The molecule has 0 spiro atoms. The van der Waals surface area contributed by atoms with Gasteiger partial charge in [0.05, 0.1) is 28.2 Å². The number of benzene rings is 1. The smallest absolute Gasteiger partial charge is 0.334 e. The van der Waals surface area contributed by atoms with Gasteiger partial charge < -0.3 is 5.32 Å². The van der Waals surface area contributed by atoms with Crippen LogP contribution in [0.2, 0.25) is 9.36 Å². The second-order valence-electron chi connectivity index (χ2n) is 7.56. The summed E-state index contributed by atoms with van der Waals surface area (Å²) in [7, 11) is -4.15. The molecule has 0 bridgehead atoms. The maximum Gasteiger partial charge on any atom is 0.416 e. The number of amides is 2. The van der Waals surface area contributed by atoms with Crippen LogP contribution in [-0.4, -0.2) is 30.8 Å². The van der Waals surface area contributed by atoms with E-state index in [1.807, 2.05) is 4.72 Å². The summed E-state index contributed by atoms with van der Waals surface area (Å²) in [6.45, 7) is -0.0180. The van der Waals surface area contributed by atoms with Crippen molar-refractivity contribution in [3.05, 3.63) is 68.8 Å². The minimum atomic E-state index is -4.49. The van der Waals surface area contributed by atoms with Crippen molar-refractivity contribution in [1.82, 2.24) is 19.8 Å². The number of aromatic nitrogens is 2. The molecular weight excluding hydrogens is 548 g/mol. The number of aryl methyl sites for hydroxylation is 1. The number of sulfonamides is 1. The number of nitrogens with one attached hydrogen (secondary N) is 2. The lowest BCUT2D eigenvalue weighted by molar-refractivity contribution is -0.137. The number of hydrogen-bond donors (Lipinski definition) is 2. The second kappa shape index (κ2) is 9.84. The minimum Gasteiger partial charge on any atom is -0.334 e. The van der Waals surface area contributed by atoms with Crippen molar-refractivity contribution in [3.63, 3.8) is 0 Å². The topological polar surface area (TPSA) is 93.1 Å². The second-order valence-corrected chi connectivity index (χ2v) is 11.5. The molecule has 1 aromatic carbocycles. The van der Waals surface area contributed by atoms with Crippen molar-refractivity contribution >= 4 is 56.2 Å². The fraction of sp³-hybridized carbons (Fsp3) is 0.238. The molecule has 0 saturated carbocycles. The number of hydrogen-bond acceptors (Lipinski definition) is 5. The van der Waals surface area contributed by atoms with E-state index >= 15 is 0 Å². The fourth-order valence-corrected chi connectivity index (χ4v) is 6.45. The van der Waals surface area contributed by atoms with E-state index in [-0.39, 0.29) is 25.8 Å². The molecule has 0 radical (unpaired) electrons. The lowest BCUT2D eigenvalue weighted by atomic mass is 9.92. The Morgan fingerprint density at radius 1 is 1.23 bits per heavy atom. The van der Waals surface area contributed by atoms with Crippen LogP contribution in [0.1, 0.15) is 29.7 Å². The monoisotopic (exact) mass is 564 g/mol. The summed E-state index contributed by atoms with van der Waals surface area (Å²) in [6.07, 6.45) is 0.948. The highest BCUT2D eigenvalue weighted by Gasteiger charge is 2.31. The number of urea groups is 1. The van der Waals surface area contributed by atoms with E-state index in [1.165, 1.54) is 16.8 Å². The third-order valence-electron chi connectivity index (χ3n) is 5.18. The Kier molecular flexibility index (Phi) is 7.18. The number of fused-ring (bicyclic) bond motifs is 1.